The molecular weight excluding hydrogens is 328 g/mol. The van der Waals surface area contributed by atoms with Crippen molar-refractivity contribution in [3.8, 4) is 0 Å². The van der Waals surface area contributed by atoms with E-state index in [-0.39, 0.29) is 17.9 Å². The van der Waals surface area contributed by atoms with Crippen LogP contribution in [0.15, 0.2) is 0 Å². The molecule has 1 saturated carbocycles. The number of hydrogen-bond acceptors (Lipinski definition) is 3. The number of carboxylic acids is 1. The highest BCUT2D eigenvalue weighted by Crippen LogP contribution is 2.40. The number of rotatable bonds is 14. The van der Waals surface area contributed by atoms with Crippen LogP contribution in [0.5, 0.6) is 0 Å². The van der Waals surface area contributed by atoms with Crippen molar-refractivity contribution in [3.63, 3.8) is 0 Å². The van der Waals surface area contributed by atoms with E-state index in [2.05, 4.69) is 20.8 Å². The highest BCUT2D eigenvalue weighted by molar-refractivity contribution is 5.67. The molecule has 1 aliphatic rings. The molecule has 0 radical (unpaired) electrons. The predicted molar refractivity (Wildman–Crippen MR) is 106 cm³/mol. The summed E-state index contributed by atoms with van der Waals surface area (Å²) in [4.78, 5) is 10.6. The minimum atomic E-state index is -0.922. The van der Waals surface area contributed by atoms with Gasteiger partial charge in [-0.05, 0) is 42.9 Å². The normalized spacial score (nSPS) is 23.1. The standard InChI is InChI=1S/C22H42O4/c1-4-5-15-22(2,3)20(24)14-13-18-11-8-10-17(18)9-6-7-12-19(23)16-21(25)26/h17-20,23-24H,4-16H2,1-3H3,(H,25,26)/t17-,18+,19?,20?/m0/s1. The first-order valence-corrected chi connectivity index (χ1v) is 10.8. The van der Waals surface area contributed by atoms with Crippen molar-refractivity contribution in [2.75, 3.05) is 0 Å². The van der Waals surface area contributed by atoms with Crippen molar-refractivity contribution in [1.82, 2.24) is 0 Å². The molecule has 1 aliphatic carbocycles. The van der Waals surface area contributed by atoms with Crippen molar-refractivity contribution in [1.29, 1.82) is 0 Å². The average Bonchev–Trinajstić information content (AvgIpc) is 3.01. The zero-order chi connectivity index (χ0) is 19.6. The Balaban J connectivity index is 2.27. The van der Waals surface area contributed by atoms with Crippen LogP contribution in [0, 0.1) is 17.3 Å². The smallest absolute Gasteiger partial charge is 0.305 e. The molecule has 26 heavy (non-hydrogen) atoms. The number of aliphatic hydroxyl groups excluding tert-OH is 2. The van der Waals surface area contributed by atoms with Gasteiger partial charge in [0.1, 0.15) is 0 Å². The third-order valence-corrected chi connectivity index (χ3v) is 6.48. The molecule has 2 unspecified atom stereocenters. The van der Waals surface area contributed by atoms with E-state index in [4.69, 9.17) is 5.11 Å². The van der Waals surface area contributed by atoms with Crippen LogP contribution in [0.3, 0.4) is 0 Å². The summed E-state index contributed by atoms with van der Waals surface area (Å²) in [5.41, 5.74) is 0.0182. The monoisotopic (exact) mass is 370 g/mol. The van der Waals surface area contributed by atoms with Crippen LogP contribution in [0.4, 0.5) is 0 Å². The summed E-state index contributed by atoms with van der Waals surface area (Å²) in [6.45, 7) is 6.59. The van der Waals surface area contributed by atoms with Gasteiger partial charge in [0.2, 0.25) is 0 Å². The molecule has 0 spiro atoms. The molecule has 0 aliphatic heterocycles. The van der Waals surface area contributed by atoms with Gasteiger partial charge in [-0.25, -0.2) is 0 Å². The first-order valence-electron chi connectivity index (χ1n) is 10.8. The molecule has 0 aromatic carbocycles. The molecule has 0 aromatic rings. The molecule has 0 aromatic heterocycles. The molecule has 1 rings (SSSR count). The van der Waals surface area contributed by atoms with Gasteiger partial charge in [-0.15, -0.1) is 0 Å². The van der Waals surface area contributed by atoms with E-state index in [1.54, 1.807) is 0 Å². The highest BCUT2D eigenvalue weighted by Gasteiger charge is 2.31. The van der Waals surface area contributed by atoms with Crippen molar-refractivity contribution in [2.45, 2.75) is 116 Å². The SMILES string of the molecule is CCCCC(C)(C)C(O)CC[C@H]1CCC[C@@H]1CCCCC(O)CC(=O)O. The molecule has 1 fully saturated rings. The minimum Gasteiger partial charge on any atom is -0.481 e. The lowest BCUT2D eigenvalue weighted by atomic mass is 9.77. The van der Waals surface area contributed by atoms with Gasteiger partial charge in [-0.3, -0.25) is 4.79 Å². The quantitative estimate of drug-likeness (QED) is 0.369. The molecule has 0 saturated heterocycles. The number of hydrogen-bond donors (Lipinski definition) is 3. The van der Waals surface area contributed by atoms with Crippen LogP contribution in [0.1, 0.15) is 104 Å². The Morgan fingerprint density at radius 1 is 1.04 bits per heavy atom. The molecule has 3 N–H and O–H groups in total. The van der Waals surface area contributed by atoms with Crippen molar-refractivity contribution < 1.29 is 20.1 Å². The van der Waals surface area contributed by atoms with Crippen LogP contribution < -0.4 is 0 Å². The number of aliphatic hydroxyl groups is 2. The van der Waals surface area contributed by atoms with E-state index < -0.39 is 12.1 Å². The maximum Gasteiger partial charge on any atom is 0.305 e. The fraction of sp³-hybridized carbons (Fsp3) is 0.955. The van der Waals surface area contributed by atoms with E-state index in [1.807, 2.05) is 0 Å². The summed E-state index contributed by atoms with van der Waals surface area (Å²) in [6, 6.07) is 0. The maximum absolute atomic E-state index is 10.6. The number of unbranched alkanes of at least 4 members (excludes halogenated alkanes) is 2. The van der Waals surface area contributed by atoms with Gasteiger partial charge < -0.3 is 15.3 Å². The summed E-state index contributed by atoms with van der Waals surface area (Å²) in [5.74, 6) is 0.557. The van der Waals surface area contributed by atoms with Crippen molar-refractivity contribution in [2.24, 2.45) is 17.3 Å². The average molecular weight is 371 g/mol. The Bertz CT molecular complexity index is 394. The Labute approximate surface area is 160 Å². The van der Waals surface area contributed by atoms with Gasteiger partial charge in [0.25, 0.3) is 0 Å². The van der Waals surface area contributed by atoms with E-state index >= 15 is 0 Å². The molecule has 4 nitrogen and oxygen atoms in total. The van der Waals surface area contributed by atoms with E-state index in [1.165, 1.54) is 38.5 Å². The zero-order valence-electron chi connectivity index (χ0n) is 17.3. The molecule has 154 valence electrons. The van der Waals surface area contributed by atoms with Crippen LogP contribution in [0.2, 0.25) is 0 Å². The van der Waals surface area contributed by atoms with Gasteiger partial charge in [0, 0.05) is 0 Å². The Hall–Kier alpha value is -0.610. The molecule has 0 bridgehead atoms. The second-order valence-electron chi connectivity index (χ2n) is 9.17. The maximum atomic E-state index is 10.6. The van der Waals surface area contributed by atoms with E-state index in [9.17, 15) is 15.0 Å². The molecule has 4 heteroatoms. The second kappa shape index (κ2) is 12.0. The van der Waals surface area contributed by atoms with E-state index in [0.29, 0.717) is 6.42 Å². The van der Waals surface area contributed by atoms with Crippen LogP contribution in [-0.2, 0) is 4.79 Å². The van der Waals surface area contributed by atoms with Crippen molar-refractivity contribution in [3.05, 3.63) is 0 Å². The summed E-state index contributed by atoms with van der Waals surface area (Å²) in [6.07, 6.45) is 12.1. The first-order chi connectivity index (χ1) is 12.3. The predicted octanol–water partition coefficient (Wildman–Crippen LogP) is 5.16. The third kappa shape index (κ3) is 8.85. The third-order valence-electron chi connectivity index (χ3n) is 6.48. The van der Waals surface area contributed by atoms with Crippen molar-refractivity contribution >= 4 is 5.97 Å². The topological polar surface area (TPSA) is 77.8 Å². The number of carbonyl (C=O) groups is 1. The minimum absolute atomic E-state index is 0.0182. The lowest BCUT2D eigenvalue weighted by Gasteiger charge is -2.32. The molecular formula is C22H42O4. The fourth-order valence-corrected chi connectivity index (χ4v) is 4.53. The number of aliphatic carboxylic acids is 1. The van der Waals surface area contributed by atoms with Gasteiger partial charge in [-0.2, -0.15) is 0 Å². The highest BCUT2D eigenvalue weighted by atomic mass is 16.4. The van der Waals surface area contributed by atoms with Gasteiger partial charge >= 0.3 is 5.97 Å². The zero-order valence-corrected chi connectivity index (χ0v) is 17.3. The Morgan fingerprint density at radius 2 is 1.69 bits per heavy atom. The summed E-state index contributed by atoms with van der Waals surface area (Å²) < 4.78 is 0. The summed E-state index contributed by atoms with van der Waals surface area (Å²) in [7, 11) is 0. The molecule has 4 atom stereocenters. The fourth-order valence-electron chi connectivity index (χ4n) is 4.53. The van der Waals surface area contributed by atoms with Crippen LogP contribution >= 0.6 is 0 Å². The Morgan fingerprint density at radius 3 is 2.31 bits per heavy atom. The first kappa shape index (κ1) is 23.4. The van der Waals surface area contributed by atoms with Crippen LogP contribution in [0.25, 0.3) is 0 Å². The summed E-state index contributed by atoms with van der Waals surface area (Å²) >= 11 is 0. The lowest BCUT2D eigenvalue weighted by molar-refractivity contribution is -0.139. The van der Waals surface area contributed by atoms with Crippen LogP contribution in [-0.4, -0.2) is 33.5 Å². The van der Waals surface area contributed by atoms with Gasteiger partial charge in [0.05, 0.1) is 18.6 Å². The Kier molecular flexibility index (Phi) is 10.8. The second-order valence-corrected chi connectivity index (χ2v) is 9.17. The molecule has 0 heterocycles. The number of carboxylic acid groups (broad SMARTS) is 1. The summed E-state index contributed by atoms with van der Waals surface area (Å²) in [5, 5.41) is 28.9. The molecule has 0 amide bonds. The lowest BCUT2D eigenvalue weighted by Crippen LogP contribution is -2.30. The van der Waals surface area contributed by atoms with Gasteiger partial charge in [-0.1, -0.05) is 72.1 Å². The largest absolute Gasteiger partial charge is 0.481 e. The van der Waals surface area contributed by atoms with E-state index in [0.717, 1.165) is 43.9 Å². The van der Waals surface area contributed by atoms with Gasteiger partial charge in [0.15, 0.2) is 0 Å².